The summed E-state index contributed by atoms with van der Waals surface area (Å²) in [5, 5.41) is 3.03. The number of anilines is 2. The van der Waals surface area contributed by atoms with Gasteiger partial charge in [-0.1, -0.05) is 0 Å². The zero-order chi connectivity index (χ0) is 19.4. The van der Waals surface area contributed by atoms with Crippen LogP contribution in [0.2, 0.25) is 0 Å². The number of hydrogen-bond donors (Lipinski definition) is 2. The predicted molar refractivity (Wildman–Crippen MR) is 102 cm³/mol. The average Bonchev–Trinajstić information content (AvgIpc) is 2.64. The minimum Gasteiger partial charge on any atom is -0.486 e. The highest BCUT2D eigenvalue weighted by atomic mass is 32.2. The number of nitrogens with zero attached hydrogens (tertiary/aromatic N) is 3. The molecule has 1 aliphatic heterocycles. The molecule has 0 atom stereocenters. The second-order valence-corrected chi connectivity index (χ2v) is 7.98. The van der Waals surface area contributed by atoms with Gasteiger partial charge in [-0.25, -0.2) is 18.1 Å². The molecule has 2 aromatic rings. The Morgan fingerprint density at radius 2 is 1.81 bits per heavy atom. The summed E-state index contributed by atoms with van der Waals surface area (Å²) >= 11 is 0. The third kappa shape index (κ3) is 4.77. The molecular weight excluding hydrogens is 370 g/mol. The second kappa shape index (κ2) is 7.97. The first-order valence-electron chi connectivity index (χ1n) is 8.51. The van der Waals surface area contributed by atoms with E-state index in [0.29, 0.717) is 37.2 Å². The van der Waals surface area contributed by atoms with E-state index < -0.39 is 10.0 Å². The number of fused-ring (bicyclic) bond motifs is 1. The van der Waals surface area contributed by atoms with E-state index in [-0.39, 0.29) is 11.4 Å². The highest BCUT2D eigenvalue weighted by Gasteiger charge is 2.19. The standard InChI is InChI=1S/C17H23N5O4S/c1-12-10-16(22(2)3)21-17(20-12)18-6-7-19-27(23,24)13-4-5-14-15(11-13)26-9-8-25-14/h4-5,10-11,19H,6-9H2,1-3H3,(H,18,20,21). The molecule has 0 saturated carbocycles. The molecule has 0 saturated heterocycles. The highest BCUT2D eigenvalue weighted by Crippen LogP contribution is 2.32. The molecule has 9 nitrogen and oxygen atoms in total. The lowest BCUT2D eigenvalue weighted by molar-refractivity contribution is 0.171. The van der Waals surface area contributed by atoms with Gasteiger partial charge in [0.15, 0.2) is 11.5 Å². The van der Waals surface area contributed by atoms with Crippen LogP contribution in [0, 0.1) is 6.92 Å². The zero-order valence-electron chi connectivity index (χ0n) is 15.5. The molecule has 0 aliphatic carbocycles. The van der Waals surface area contributed by atoms with E-state index in [4.69, 9.17) is 9.47 Å². The van der Waals surface area contributed by atoms with Crippen molar-refractivity contribution in [2.75, 3.05) is 50.6 Å². The van der Waals surface area contributed by atoms with Crippen LogP contribution >= 0.6 is 0 Å². The lowest BCUT2D eigenvalue weighted by Crippen LogP contribution is -2.29. The van der Waals surface area contributed by atoms with Gasteiger partial charge in [0.25, 0.3) is 0 Å². The van der Waals surface area contributed by atoms with Crippen LogP contribution in [0.3, 0.4) is 0 Å². The summed E-state index contributed by atoms with van der Waals surface area (Å²) in [5.41, 5.74) is 0.827. The number of nitrogens with one attached hydrogen (secondary N) is 2. The summed E-state index contributed by atoms with van der Waals surface area (Å²) in [6.07, 6.45) is 0. The van der Waals surface area contributed by atoms with Gasteiger partial charge < -0.3 is 19.7 Å². The summed E-state index contributed by atoms with van der Waals surface area (Å²) in [6, 6.07) is 6.44. The molecule has 1 aromatic carbocycles. The Kier molecular flexibility index (Phi) is 5.66. The van der Waals surface area contributed by atoms with Gasteiger partial charge in [-0.15, -0.1) is 0 Å². The molecule has 0 unspecified atom stereocenters. The summed E-state index contributed by atoms with van der Waals surface area (Å²) in [7, 11) is 0.139. The average molecular weight is 393 g/mol. The molecule has 0 spiro atoms. The third-order valence-corrected chi connectivity index (χ3v) is 5.28. The monoisotopic (exact) mass is 393 g/mol. The van der Waals surface area contributed by atoms with E-state index in [1.54, 1.807) is 6.07 Å². The van der Waals surface area contributed by atoms with E-state index in [9.17, 15) is 8.42 Å². The van der Waals surface area contributed by atoms with E-state index in [0.717, 1.165) is 11.5 Å². The molecule has 1 aliphatic rings. The Morgan fingerprint density at radius 1 is 1.07 bits per heavy atom. The molecule has 0 radical (unpaired) electrons. The summed E-state index contributed by atoms with van der Waals surface area (Å²) in [5.74, 6) is 2.22. The molecule has 0 bridgehead atoms. The number of aryl methyl sites for hydroxylation is 1. The van der Waals surface area contributed by atoms with Crippen molar-refractivity contribution in [3.63, 3.8) is 0 Å². The van der Waals surface area contributed by atoms with Crippen LogP contribution in [-0.2, 0) is 10.0 Å². The van der Waals surface area contributed by atoms with E-state index >= 15 is 0 Å². The SMILES string of the molecule is Cc1cc(N(C)C)nc(NCCNS(=O)(=O)c2ccc3c(c2)OCCO3)n1. The molecule has 146 valence electrons. The summed E-state index contributed by atoms with van der Waals surface area (Å²) < 4.78 is 38.3. The summed E-state index contributed by atoms with van der Waals surface area (Å²) in [4.78, 5) is 10.7. The number of rotatable bonds is 7. The third-order valence-electron chi connectivity index (χ3n) is 3.82. The molecule has 2 N–H and O–H groups in total. The molecule has 0 fully saturated rings. The maximum atomic E-state index is 12.5. The van der Waals surface area contributed by atoms with Gasteiger partial charge in [0.1, 0.15) is 19.0 Å². The molecule has 3 rings (SSSR count). The van der Waals surface area contributed by atoms with Crippen molar-refractivity contribution in [2.45, 2.75) is 11.8 Å². The van der Waals surface area contributed by atoms with E-state index in [1.807, 2.05) is 32.0 Å². The first-order valence-corrected chi connectivity index (χ1v) is 10.00. The van der Waals surface area contributed by atoms with E-state index in [1.165, 1.54) is 12.1 Å². The highest BCUT2D eigenvalue weighted by molar-refractivity contribution is 7.89. The number of hydrogen-bond acceptors (Lipinski definition) is 8. The Hall–Kier alpha value is -2.59. The van der Waals surface area contributed by atoms with Crippen molar-refractivity contribution in [1.29, 1.82) is 0 Å². The van der Waals surface area contributed by atoms with Crippen molar-refractivity contribution in [1.82, 2.24) is 14.7 Å². The van der Waals surface area contributed by atoms with Crippen LogP contribution in [-0.4, -0.2) is 58.8 Å². The number of aromatic nitrogens is 2. The maximum absolute atomic E-state index is 12.5. The molecule has 0 amide bonds. The van der Waals surface area contributed by atoms with Gasteiger partial charge in [-0.05, 0) is 19.1 Å². The van der Waals surface area contributed by atoms with Crippen molar-refractivity contribution in [3.05, 3.63) is 30.0 Å². The summed E-state index contributed by atoms with van der Waals surface area (Å²) in [6.45, 7) is 3.27. The Bertz CT molecular complexity index is 918. The zero-order valence-corrected chi connectivity index (χ0v) is 16.3. The van der Waals surface area contributed by atoms with Gasteiger partial charge in [0.05, 0.1) is 4.90 Å². The maximum Gasteiger partial charge on any atom is 0.240 e. The largest absolute Gasteiger partial charge is 0.486 e. The lowest BCUT2D eigenvalue weighted by atomic mass is 10.3. The lowest BCUT2D eigenvalue weighted by Gasteiger charge is -2.19. The van der Waals surface area contributed by atoms with Crippen LogP contribution in [0.4, 0.5) is 11.8 Å². The normalized spacial score (nSPS) is 13.3. The van der Waals surface area contributed by atoms with Crippen molar-refractivity contribution in [2.24, 2.45) is 0 Å². The first-order chi connectivity index (χ1) is 12.8. The Balaban J connectivity index is 1.58. The molecule has 1 aromatic heterocycles. The first kappa shape index (κ1) is 19.2. The van der Waals surface area contributed by atoms with Gasteiger partial charge >= 0.3 is 0 Å². The van der Waals surface area contributed by atoms with Crippen LogP contribution in [0.25, 0.3) is 0 Å². The second-order valence-electron chi connectivity index (χ2n) is 6.22. The molecule has 10 heteroatoms. The van der Waals surface area contributed by atoms with Crippen molar-refractivity contribution < 1.29 is 17.9 Å². The van der Waals surface area contributed by atoms with Gasteiger partial charge in [0, 0.05) is 45.0 Å². The number of sulfonamides is 1. The molecule has 2 heterocycles. The predicted octanol–water partition coefficient (Wildman–Crippen LogP) is 1.01. The fourth-order valence-corrected chi connectivity index (χ4v) is 3.54. The van der Waals surface area contributed by atoms with Crippen LogP contribution in [0.15, 0.2) is 29.2 Å². The fraction of sp³-hybridized carbons (Fsp3) is 0.412. The van der Waals surface area contributed by atoms with Crippen LogP contribution in [0.1, 0.15) is 5.69 Å². The van der Waals surface area contributed by atoms with Crippen molar-refractivity contribution >= 4 is 21.8 Å². The Morgan fingerprint density at radius 3 is 2.56 bits per heavy atom. The van der Waals surface area contributed by atoms with Crippen LogP contribution < -0.4 is 24.4 Å². The van der Waals surface area contributed by atoms with Gasteiger partial charge in [0.2, 0.25) is 16.0 Å². The number of benzene rings is 1. The topological polar surface area (TPSA) is 106 Å². The fourth-order valence-electron chi connectivity index (χ4n) is 2.49. The minimum absolute atomic E-state index is 0.133. The number of ether oxygens (including phenoxy) is 2. The minimum atomic E-state index is -3.65. The van der Waals surface area contributed by atoms with Crippen LogP contribution in [0.5, 0.6) is 11.5 Å². The van der Waals surface area contributed by atoms with Gasteiger partial charge in [-0.2, -0.15) is 4.98 Å². The molecule has 27 heavy (non-hydrogen) atoms. The smallest absolute Gasteiger partial charge is 0.240 e. The molecular formula is C17H23N5O4S. The Labute approximate surface area is 158 Å². The van der Waals surface area contributed by atoms with Crippen molar-refractivity contribution in [3.8, 4) is 11.5 Å². The van der Waals surface area contributed by atoms with Gasteiger partial charge in [-0.3, -0.25) is 0 Å². The quantitative estimate of drug-likeness (QED) is 0.672. The van der Waals surface area contributed by atoms with E-state index in [2.05, 4.69) is 20.0 Å².